The van der Waals surface area contributed by atoms with E-state index in [1.165, 1.54) is 16.8 Å². The highest BCUT2D eigenvalue weighted by atomic mass is 32.1. The van der Waals surface area contributed by atoms with Gasteiger partial charge in [-0.2, -0.15) is 0 Å². The zero-order chi connectivity index (χ0) is 21.1. The maximum Gasteiger partial charge on any atom is 0.130 e. The van der Waals surface area contributed by atoms with Crippen molar-refractivity contribution < 1.29 is 9.47 Å². The van der Waals surface area contributed by atoms with E-state index in [1.807, 2.05) is 30.5 Å². The average molecular weight is 423 g/mol. The molecule has 1 aromatic carbocycles. The number of nitrogens with zero attached hydrogens (tertiary/aromatic N) is 3. The van der Waals surface area contributed by atoms with Crippen molar-refractivity contribution in [3.63, 3.8) is 0 Å². The summed E-state index contributed by atoms with van der Waals surface area (Å²) in [5, 5.41) is 6.59. The first-order chi connectivity index (χ1) is 14.6. The molecular formula is C23H26N4O2S. The molecule has 0 aliphatic rings. The number of methoxy groups -OCH3 is 1. The molecule has 4 rings (SSSR count). The molecule has 0 saturated carbocycles. The molecule has 0 spiro atoms. The third-order valence-corrected chi connectivity index (χ3v) is 6.03. The number of anilines is 1. The van der Waals surface area contributed by atoms with Crippen LogP contribution in [0.3, 0.4) is 0 Å². The van der Waals surface area contributed by atoms with E-state index < -0.39 is 0 Å². The van der Waals surface area contributed by atoms with Crippen LogP contribution in [0.5, 0.6) is 11.5 Å². The summed E-state index contributed by atoms with van der Waals surface area (Å²) in [6.07, 6.45) is 1.60. The molecule has 0 fully saturated rings. The highest BCUT2D eigenvalue weighted by molar-refractivity contribution is 7.13. The number of aromatic nitrogens is 3. The van der Waals surface area contributed by atoms with E-state index >= 15 is 0 Å². The van der Waals surface area contributed by atoms with Crippen LogP contribution < -0.4 is 14.8 Å². The Morgan fingerprint density at radius 1 is 1.13 bits per heavy atom. The number of rotatable bonds is 8. The molecule has 0 atom stereocenters. The molecule has 0 radical (unpaired) electrons. The molecule has 4 aromatic rings. The summed E-state index contributed by atoms with van der Waals surface area (Å²) in [7, 11) is 1.72. The summed E-state index contributed by atoms with van der Waals surface area (Å²) in [5.74, 6) is 2.61. The third kappa shape index (κ3) is 3.98. The number of benzene rings is 1. The molecule has 0 saturated heterocycles. The van der Waals surface area contributed by atoms with Crippen LogP contribution in [0.4, 0.5) is 5.82 Å². The number of aryl methyl sites for hydroxylation is 2. The van der Waals surface area contributed by atoms with Crippen LogP contribution in [0, 0.1) is 13.8 Å². The summed E-state index contributed by atoms with van der Waals surface area (Å²) in [6.45, 7) is 8.50. The van der Waals surface area contributed by atoms with Crippen LogP contribution in [-0.4, -0.2) is 34.8 Å². The predicted molar refractivity (Wildman–Crippen MR) is 123 cm³/mol. The lowest BCUT2D eigenvalue weighted by molar-refractivity contribution is 0.342. The summed E-state index contributed by atoms with van der Waals surface area (Å²) in [5.41, 5.74) is 4.57. The minimum absolute atomic E-state index is 0.658. The highest BCUT2D eigenvalue weighted by Gasteiger charge is 2.12. The van der Waals surface area contributed by atoms with Gasteiger partial charge >= 0.3 is 0 Å². The largest absolute Gasteiger partial charge is 0.496 e. The number of thiophene rings is 1. The fourth-order valence-electron chi connectivity index (χ4n) is 3.71. The average Bonchev–Trinajstić information content (AvgIpc) is 3.34. The van der Waals surface area contributed by atoms with Gasteiger partial charge in [0.2, 0.25) is 0 Å². The lowest BCUT2D eigenvalue weighted by Crippen LogP contribution is -2.12. The number of nitrogens with one attached hydrogen (secondary N) is 1. The van der Waals surface area contributed by atoms with Gasteiger partial charge in [0.05, 0.1) is 29.8 Å². The molecule has 3 aromatic heterocycles. The fraction of sp³-hybridized carbons (Fsp3) is 0.304. The molecule has 0 bridgehead atoms. The molecule has 0 amide bonds. The quantitative estimate of drug-likeness (QED) is 0.418. The van der Waals surface area contributed by atoms with E-state index in [2.05, 4.69) is 45.8 Å². The Bertz CT molecular complexity index is 1170. The molecule has 3 heterocycles. The number of hydrogen-bond acceptors (Lipinski definition) is 6. The zero-order valence-corrected chi connectivity index (χ0v) is 18.5. The first-order valence-corrected chi connectivity index (χ1v) is 10.9. The van der Waals surface area contributed by atoms with Gasteiger partial charge in [0.1, 0.15) is 23.6 Å². The van der Waals surface area contributed by atoms with Crippen LogP contribution in [0.25, 0.3) is 21.5 Å². The lowest BCUT2D eigenvalue weighted by Gasteiger charge is -2.12. The number of fused-ring (bicyclic) bond motifs is 1. The molecular weight excluding hydrogens is 396 g/mol. The highest BCUT2D eigenvalue weighted by Crippen LogP contribution is 2.32. The minimum Gasteiger partial charge on any atom is -0.496 e. The van der Waals surface area contributed by atoms with Crippen LogP contribution in [0.2, 0.25) is 0 Å². The number of hydrogen-bond donors (Lipinski definition) is 1. The second-order valence-electron chi connectivity index (χ2n) is 7.08. The van der Waals surface area contributed by atoms with Crippen LogP contribution in [0.1, 0.15) is 18.2 Å². The van der Waals surface area contributed by atoms with Gasteiger partial charge in [-0.3, -0.25) is 0 Å². The monoisotopic (exact) mass is 422 g/mol. The van der Waals surface area contributed by atoms with E-state index in [4.69, 9.17) is 9.47 Å². The van der Waals surface area contributed by atoms with Crippen molar-refractivity contribution in [2.24, 2.45) is 0 Å². The van der Waals surface area contributed by atoms with Crippen molar-refractivity contribution in [1.29, 1.82) is 0 Å². The summed E-state index contributed by atoms with van der Waals surface area (Å²) >= 11 is 1.62. The van der Waals surface area contributed by atoms with E-state index in [-0.39, 0.29) is 0 Å². The van der Waals surface area contributed by atoms with Crippen molar-refractivity contribution in [1.82, 2.24) is 14.5 Å². The van der Waals surface area contributed by atoms with Gasteiger partial charge in [0, 0.05) is 41.7 Å². The van der Waals surface area contributed by atoms with Crippen LogP contribution >= 0.6 is 11.3 Å². The minimum atomic E-state index is 0.658. The molecule has 156 valence electrons. The summed E-state index contributed by atoms with van der Waals surface area (Å²) < 4.78 is 13.4. The SMILES string of the molecule is CCOc1csc(-c2cc(NCCn3c(C)cc4c(OC)ccc(C)c43)ncn2)c1. The van der Waals surface area contributed by atoms with E-state index in [1.54, 1.807) is 24.8 Å². The van der Waals surface area contributed by atoms with Crippen molar-refractivity contribution in [3.05, 3.63) is 53.3 Å². The molecule has 0 unspecified atom stereocenters. The standard InChI is InChI=1S/C23H26N4O2S/c1-5-29-17-11-21(30-13-17)19-12-22(26-14-25-19)24-8-9-27-16(3)10-18-20(28-4)7-6-15(2)23(18)27/h6-7,10-14H,5,8-9H2,1-4H3,(H,24,25,26). The topological polar surface area (TPSA) is 61.2 Å². The molecule has 6 nitrogen and oxygen atoms in total. The maximum absolute atomic E-state index is 5.56. The van der Waals surface area contributed by atoms with Crippen molar-refractivity contribution in [2.45, 2.75) is 27.3 Å². The van der Waals surface area contributed by atoms with Crippen molar-refractivity contribution >= 4 is 28.1 Å². The Morgan fingerprint density at radius 3 is 2.80 bits per heavy atom. The second kappa shape index (κ2) is 8.75. The molecule has 0 aliphatic carbocycles. The van der Waals surface area contributed by atoms with Crippen LogP contribution in [-0.2, 0) is 6.54 Å². The Balaban J connectivity index is 1.49. The van der Waals surface area contributed by atoms with Crippen molar-refractivity contribution in [3.8, 4) is 22.1 Å². The zero-order valence-electron chi connectivity index (χ0n) is 17.7. The van der Waals surface area contributed by atoms with E-state index in [9.17, 15) is 0 Å². The Morgan fingerprint density at radius 2 is 2.00 bits per heavy atom. The Labute approximate surface area is 180 Å². The normalized spacial score (nSPS) is 11.1. The Kier molecular flexibility index (Phi) is 5.90. The van der Waals surface area contributed by atoms with E-state index in [0.29, 0.717) is 6.61 Å². The maximum atomic E-state index is 5.56. The molecule has 1 N–H and O–H groups in total. The third-order valence-electron chi connectivity index (χ3n) is 5.10. The first kappa shape index (κ1) is 20.2. The molecule has 30 heavy (non-hydrogen) atoms. The van der Waals surface area contributed by atoms with Crippen molar-refractivity contribution in [2.75, 3.05) is 25.6 Å². The second-order valence-corrected chi connectivity index (χ2v) is 7.99. The summed E-state index contributed by atoms with van der Waals surface area (Å²) in [4.78, 5) is 9.86. The lowest BCUT2D eigenvalue weighted by atomic mass is 10.1. The van der Waals surface area contributed by atoms with Gasteiger partial charge in [-0.25, -0.2) is 9.97 Å². The molecule has 7 heteroatoms. The van der Waals surface area contributed by atoms with Crippen LogP contribution in [0.15, 0.2) is 42.0 Å². The fourth-order valence-corrected chi connectivity index (χ4v) is 4.50. The van der Waals surface area contributed by atoms with E-state index in [0.717, 1.165) is 46.4 Å². The Hall–Kier alpha value is -3.06. The first-order valence-electron chi connectivity index (χ1n) is 10.0. The van der Waals surface area contributed by atoms with Gasteiger partial charge in [0.15, 0.2) is 0 Å². The van der Waals surface area contributed by atoms with Gasteiger partial charge in [0.25, 0.3) is 0 Å². The van der Waals surface area contributed by atoms with Gasteiger partial charge in [-0.05, 0) is 38.5 Å². The van der Waals surface area contributed by atoms with Gasteiger partial charge in [-0.15, -0.1) is 11.3 Å². The predicted octanol–water partition coefficient (Wildman–Crippen LogP) is 5.30. The molecule has 0 aliphatic heterocycles. The smallest absolute Gasteiger partial charge is 0.130 e. The van der Waals surface area contributed by atoms with Gasteiger partial charge < -0.3 is 19.4 Å². The van der Waals surface area contributed by atoms with Gasteiger partial charge in [-0.1, -0.05) is 6.07 Å². The number of ether oxygens (including phenoxy) is 2. The summed E-state index contributed by atoms with van der Waals surface area (Å²) in [6, 6.07) is 10.3.